The summed E-state index contributed by atoms with van der Waals surface area (Å²) in [5.41, 5.74) is 1.87. The van der Waals surface area contributed by atoms with E-state index >= 15 is 0 Å². The lowest BCUT2D eigenvalue weighted by molar-refractivity contribution is -0.149. The first kappa shape index (κ1) is 22.7. The molecule has 2 rings (SSSR count). The number of aliphatic imine (C=N–C) groups is 1. The maximum absolute atomic E-state index is 12.1. The molecule has 0 spiro atoms. The van der Waals surface area contributed by atoms with Crippen molar-refractivity contribution in [2.24, 2.45) is 10.9 Å². The summed E-state index contributed by atoms with van der Waals surface area (Å²) in [6, 6.07) is 7.77. The molecular formula is C22H34N4O3. The van der Waals surface area contributed by atoms with Gasteiger partial charge in [-0.3, -0.25) is 9.59 Å². The summed E-state index contributed by atoms with van der Waals surface area (Å²) in [7, 11) is 0. The van der Waals surface area contributed by atoms with Crippen LogP contribution in [-0.2, 0) is 20.9 Å². The Morgan fingerprint density at radius 1 is 1.21 bits per heavy atom. The molecule has 1 heterocycles. The number of rotatable bonds is 8. The number of hydrogen-bond donors (Lipinski definition) is 2. The lowest BCUT2D eigenvalue weighted by Gasteiger charge is -2.34. The third-order valence-corrected chi connectivity index (χ3v) is 4.80. The topological polar surface area (TPSA) is 83.0 Å². The van der Waals surface area contributed by atoms with E-state index in [9.17, 15) is 9.59 Å². The van der Waals surface area contributed by atoms with Gasteiger partial charge in [0.25, 0.3) is 0 Å². The number of carbonyl (C=O) groups excluding carboxylic acids is 2. The minimum absolute atomic E-state index is 0.0361. The Hall–Kier alpha value is -2.57. The van der Waals surface area contributed by atoms with Gasteiger partial charge in [0, 0.05) is 31.7 Å². The van der Waals surface area contributed by atoms with Crippen LogP contribution in [-0.4, -0.2) is 49.0 Å². The molecule has 1 saturated heterocycles. The van der Waals surface area contributed by atoms with Crippen LogP contribution in [0.1, 0.15) is 52.0 Å². The number of esters is 1. The molecule has 1 aromatic carbocycles. The van der Waals surface area contributed by atoms with Gasteiger partial charge in [0.15, 0.2) is 5.96 Å². The number of anilines is 1. The highest BCUT2D eigenvalue weighted by atomic mass is 16.5. The summed E-state index contributed by atoms with van der Waals surface area (Å²) < 4.78 is 5.20. The molecule has 0 aliphatic carbocycles. The number of benzene rings is 1. The minimum atomic E-state index is -0.117. The highest BCUT2D eigenvalue weighted by Crippen LogP contribution is 2.18. The zero-order valence-corrected chi connectivity index (χ0v) is 17.9. The molecule has 0 radical (unpaired) electrons. The molecule has 1 unspecified atom stereocenters. The molecule has 1 amide bonds. The largest absolute Gasteiger partial charge is 0.466 e. The van der Waals surface area contributed by atoms with E-state index in [4.69, 9.17) is 9.73 Å². The number of carbonyl (C=O) groups is 2. The molecular weight excluding hydrogens is 368 g/mol. The second kappa shape index (κ2) is 12.1. The second-order valence-electron chi connectivity index (χ2n) is 7.20. The van der Waals surface area contributed by atoms with Gasteiger partial charge in [-0.25, -0.2) is 4.99 Å². The summed E-state index contributed by atoms with van der Waals surface area (Å²) in [6.45, 7) is 9.09. The van der Waals surface area contributed by atoms with Crippen LogP contribution in [0, 0.1) is 5.92 Å². The molecule has 7 nitrogen and oxygen atoms in total. The predicted molar refractivity (Wildman–Crippen MR) is 116 cm³/mol. The fourth-order valence-electron chi connectivity index (χ4n) is 3.36. The Morgan fingerprint density at radius 3 is 2.62 bits per heavy atom. The van der Waals surface area contributed by atoms with Crippen LogP contribution in [0.5, 0.6) is 0 Å². The molecule has 7 heteroatoms. The normalized spacial score (nSPS) is 17.0. The van der Waals surface area contributed by atoms with Crippen LogP contribution in [0.15, 0.2) is 29.3 Å². The molecule has 2 N–H and O–H groups in total. The van der Waals surface area contributed by atoms with Gasteiger partial charge < -0.3 is 20.3 Å². The van der Waals surface area contributed by atoms with Crippen molar-refractivity contribution in [1.82, 2.24) is 10.2 Å². The van der Waals surface area contributed by atoms with Crippen molar-refractivity contribution in [3.8, 4) is 0 Å². The summed E-state index contributed by atoms with van der Waals surface area (Å²) >= 11 is 0. The van der Waals surface area contributed by atoms with Crippen molar-refractivity contribution in [3.63, 3.8) is 0 Å². The number of ether oxygens (including phenoxy) is 1. The first-order chi connectivity index (χ1) is 14.1. The van der Waals surface area contributed by atoms with Crippen LogP contribution in [0.25, 0.3) is 0 Å². The van der Waals surface area contributed by atoms with Crippen molar-refractivity contribution in [3.05, 3.63) is 29.8 Å². The monoisotopic (exact) mass is 402 g/mol. The van der Waals surface area contributed by atoms with Gasteiger partial charge in [-0.1, -0.05) is 19.1 Å². The summed E-state index contributed by atoms with van der Waals surface area (Å²) in [6.07, 6.45) is 3.17. The zero-order chi connectivity index (χ0) is 21.1. The second-order valence-corrected chi connectivity index (χ2v) is 7.20. The van der Waals surface area contributed by atoms with Crippen molar-refractivity contribution in [2.45, 2.75) is 53.0 Å². The number of amides is 1. The number of hydrogen-bond acceptors (Lipinski definition) is 4. The molecule has 160 valence electrons. The van der Waals surface area contributed by atoms with Gasteiger partial charge in [0.05, 0.1) is 19.1 Å². The van der Waals surface area contributed by atoms with Crippen molar-refractivity contribution in [1.29, 1.82) is 0 Å². The Bertz CT molecular complexity index is 688. The minimum Gasteiger partial charge on any atom is -0.466 e. The summed E-state index contributed by atoms with van der Waals surface area (Å²) in [5.74, 6) is 0.642. The zero-order valence-electron chi connectivity index (χ0n) is 17.9. The SMILES string of the molecule is CCCC(=O)Nc1ccc(CN=C(NCC)N2CCCC(C(=O)OCC)C2)cc1. The number of nitrogens with one attached hydrogen (secondary N) is 2. The fraction of sp³-hybridized carbons (Fsp3) is 0.591. The molecule has 29 heavy (non-hydrogen) atoms. The fourth-order valence-corrected chi connectivity index (χ4v) is 3.36. The summed E-state index contributed by atoms with van der Waals surface area (Å²) in [5, 5.41) is 6.23. The highest BCUT2D eigenvalue weighted by Gasteiger charge is 2.28. The van der Waals surface area contributed by atoms with Crippen LogP contribution >= 0.6 is 0 Å². The van der Waals surface area contributed by atoms with Crippen LogP contribution in [0.2, 0.25) is 0 Å². The number of nitrogens with zero attached hydrogens (tertiary/aromatic N) is 2. The van der Waals surface area contributed by atoms with Gasteiger partial charge in [0.2, 0.25) is 5.91 Å². The molecule has 0 bridgehead atoms. The van der Waals surface area contributed by atoms with Gasteiger partial charge in [0.1, 0.15) is 0 Å². The average Bonchev–Trinajstić information content (AvgIpc) is 2.72. The molecule has 0 aromatic heterocycles. The molecule has 1 aromatic rings. The van der Waals surface area contributed by atoms with E-state index in [1.807, 2.05) is 45.0 Å². The lowest BCUT2D eigenvalue weighted by atomic mass is 9.98. The first-order valence-electron chi connectivity index (χ1n) is 10.7. The highest BCUT2D eigenvalue weighted by molar-refractivity contribution is 5.90. The lowest BCUT2D eigenvalue weighted by Crippen LogP contribution is -2.48. The van der Waals surface area contributed by atoms with Crippen LogP contribution in [0.3, 0.4) is 0 Å². The van der Waals surface area contributed by atoms with E-state index < -0.39 is 0 Å². The van der Waals surface area contributed by atoms with Gasteiger partial charge >= 0.3 is 5.97 Å². The standard InChI is InChI=1S/C22H34N4O3/c1-4-8-20(27)25-19-12-10-17(11-13-19)15-24-22(23-5-2)26-14-7-9-18(16-26)21(28)29-6-3/h10-13,18H,4-9,14-16H2,1-3H3,(H,23,24)(H,25,27). The third-order valence-electron chi connectivity index (χ3n) is 4.80. The Labute approximate surface area is 173 Å². The Balaban J connectivity index is 1.99. The molecule has 1 atom stereocenters. The van der Waals surface area contributed by atoms with E-state index in [1.165, 1.54) is 0 Å². The van der Waals surface area contributed by atoms with Crippen molar-refractivity contribution in [2.75, 3.05) is 31.6 Å². The maximum atomic E-state index is 12.1. The quantitative estimate of drug-likeness (QED) is 0.396. The molecule has 1 aliphatic rings. The van der Waals surface area contributed by atoms with E-state index in [2.05, 4.69) is 15.5 Å². The number of piperidine rings is 1. The van der Waals surface area contributed by atoms with Crippen molar-refractivity contribution >= 4 is 23.5 Å². The van der Waals surface area contributed by atoms with Crippen LogP contribution < -0.4 is 10.6 Å². The van der Waals surface area contributed by atoms with E-state index in [1.54, 1.807) is 0 Å². The molecule has 1 aliphatic heterocycles. The van der Waals surface area contributed by atoms with E-state index in [0.29, 0.717) is 26.1 Å². The summed E-state index contributed by atoms with van der Waals surface area (Å²) in [4.78, 5) is 30.7. The third kappa shape index (κ3) is 7.40. The Kier molecular flexibility index (Phi) is 9.47. The maximum Gasteiger partial charge on any atom is 0.310 e. The predicted octanol–water partition coefficient (Wildman–Crippen LogP) is 3.17. The molecule has 0 saturated carbocycles. The van der Waals surface area contributed by atoms with Gasteiger partial charge in [-0.2, -0.15) is 0 Å². The van der Waals surface area contributed by atoms with E-state index in [0.717, 1.165) is 49.6 Å². The van der Waals surface area contributed by atoms with Crippen LogP contribution in [0.4, 0.5) is 5.69 Å². The average molecular weight is 403 g/mol. The van der Waals surface area contributed by atoms with Gasteiger partial charge in [-0.05, 0) is 50.8 Å². The smallest absolute Gasteiger partial charge is 0.310 e. The number of likely N-dealkylation sites (tertiary alicyclic amines) is 1. The van der Waals surface area contributed by atoms with Gasteiger partial charge in [-0.15, -0.1) is 0 Å². The number of guanidine groups is 1. The first-order valence-corrected chi connectivity index (χ1v) is 10.7. The van der Waals surface area contributed by atoms with Crippen molar-refractivity contribution < 1.29 is 14.3 Å². The molecule has 1 fully saturated rings. The van der Waals surface area contributed by atoms with E-state index in [-0.39, 0.29) is 17.8 Å². The Morgan fingerprint density at radius 2 is 1.97 bits per heavy atom.